The smallest absolute Gasteiger partial charge is 0.338 e. The van der Waals surface area contributed by atoms with Crippen molar-refractivity contribution in [3.05, 3.63) is 28.8 Å². The van der Waals surface area contributed by atoms with Crippen molar-refractivity contribution >= 4 is 33.5 Å². The normalized spacial score (nSPS) is 21.5. The van der Waals surface area contributed by atoms with Crippen LogP contribution < -0.4 is 0 Å². The summed E-state index contributed by atoms with van der Waals surface area (Å²) in [7, 11) is -3.80. The van der Waals surface area contributed by atoms with Gasteiger partial charge in [-0.05, 0) is 63.6 Å². The maximum atomic E-state index is 13.0. The molecule has 0 N–H and O–H groups in total. The average molecular weight is 471 g/mol. The van der Waals surface area contributed by atoms with E-state index in [1.54, 1.807) is 11.8 Å². The van der Waals surface area contributed by atoms with E-state index in [1.165, 1.54) is 22.5 Å². The minimum Gasteiger partial charge on any atom is -0.449 e. The number of rotatable bonds is 6. The topological polar surface area (TPSA) is 84.0 Å². The molecule has 2 fully saturated rings. The summed E-state index contributed by atoms with van der Waals surface area (Å²) in [6.45, 7) is 5.15. The Morgan fingerprint density at radius 3 is 2.48 bits per heavy atom. The third-order valence-electron chi connectivity index (χ3n) is 6.11. The summed E-state index contributed by atoms with van der Waals surface area (Å²) in [6, 6.07) is 4.23. The zero-order valence-corrected chi connectivity index (χ0v) is 19.8. The van der Waals surface area contributed by atoms with Crippen molar-refractivity contribution in [2.24, 2.45) is 0 Å². The predicted octanol–water partition coefficient (Wildman–Crippen LogP) is 3.85. The van der Waals surface area contributed by atoms with E-state index in [0.717, 1.165) is 44.9 Å². The van der Waals surface area contributed by atoms with E-state index in [-0.39, 0.29) is 27.4 Å². The standard InChI is InChI=1S/C22H31ClN2O5S/c1-3-18-9-5-8-14-25(18)21(26)16(2)30-22(27)17-10-11-19(23)20(15-17)31(28,29)24-12-6-4-7-13-24/h10-11,15-16,18H,3-9,12-14H2,1-2H3. The third kappa shape index (κ3) is 5.41. The number of hydrogen-bond acceptors (Lipinski definition) is 5. The maximum Gasteiger partial charge on any atom is 0.338 e. The van der Waals surface area contributed by atoms with Gasteiger partial charge in [0, 0.05) is 25.7 Å². The molecule has 0 bridgehead atoms. The van der Waals surface area contributed by atoms with Crippen LogP contribution in [0.2, 0.25) is 5.02 Å². The highest BCUT2D eigenvalue weighted by molar-refractivity contribution is 7.89. The van der Waals surface area contributed by atoms with Crippen LogP contribution in [0.15, 0.2) is 23.1 Å². The minimum atomic E-state index is -3.80. The van der Waals surface area contributed by atoms with Gasteiger partial charge in [0.15, 0.2) is 6.10 Å². The van der Waals surface area contributed by atoms with Crippen LogP contribution in [0.5, 0.6) is 0 Å². The van der Waals surface area contributed by atoms with Crippen LogP contribution in [-0.2, 0) is 19.6 Å². The summed E-state index contributed by atoms with van der Waals surface area (Å²) < 4.78 is 32.9. The lowest BCUT2D eigenvalue weighted by atomic mass is 9.99. The van der Waals surface area contributed by atoms with Crippen LogP contribution in [0.25, 0.3) is 0 Å². The summed E-state index contributed by atoms with van der Waals surface area (Å²) in [4.78, 5) is 27.3. The zero-order chi connectivity index (χ0) is 22.6. The van der Waals surface area contributed by atoms with Crippen molar-refractivity contribution in [3.63, 3.8) is 0 Å². The monoisotopic (exact) mass is 470 g/mol. The molecule has 9 heteroatoms. The van der Waals surface area contributed by atoms with Crippen molar-refractivity contribution < 1.29 is 22.7 Å². The molecule has 1 amide bonds. The van der Waals surface area contributed by atoms with Crippen LogP contribution >= 0.6 is 11.6 Å². The van der Waals surface area contributed by atoms with Crippen LogP contribution in [-0.4, -0.2) is 61.3 Å². The Kier molecular flexibility index (Phi) is 7.99. The maximum absolute atomic E-state index is 13.0. The zero-order valence-electron chi connectivity index (χ0n) is 18.2. The molecule has 0 spiro atoms. The molecule has 0 radical (unpaired) electrons. The molecule has 2 heterocycles. The molecule has 2 aliphatic rings. The van der Waals surface area contributed by atoms with E-state index in [4.69, 9.17) is 16.3 Å². The van der Waals surface area contributed by atoms with Gasteiger partial charge in [-0.2, -0.15) is 4.31 Å². The SMILES string of the molecule is CCC1CCCCN1C(=O)C(C)OC(=O)c1ccc(Cl)c(S(=O)(=O)N2CCCCC2)c1. The van der Waals surface area contributed by atoms with Gasteiger partial charge in [-0.3, -0.25) is 4.79 Å². The lowest BCUT2D eigenvalue weighted by molar-refractivity contribution is -0.143. The molecule has 2 aliphatic heterocycles. The summed E-state index contributed by atoms with van der Waals surface area (Å²) >= 11 is 6.18. The fraction of sp³-hybridized carbons (Fsp3) is 0.636. The molecule has 3 rings (SSSR count). The van der Waals surface area contributed by atoms with Crippen molar-refractivity contribution in [1.82, 2.24) is 9.21 Å². The Labute approximate surface area is 189 Å². The third-order valence-corrected chi connectivity index (χ3v) is 8.49. The second-order valence-electron chi connectivity index (χ2n) is 8.25. The molecule has 1 aromatic carbocycles. The fourth-order valence-electron chi connectivity index (χ4n) is 4.30. The van der Waals surface area contributed by atoms with Crippen molar-refractivity contribution in [2.45, 2.75) is 75.8 Å². The first kappa shape index (κ1) is 24.0. The second kappa shape index (κ2) is 10.3. The largest absolute Gasteiger partial charge is 0.449 e. The Bertz CT molecular complexity index is 914. The number of carbonyl (C=O) groups excluding carboxylic acids is 2. The number of likely N-dealkylation sites (tertiary alicyclic amines) is 1. The average Bonchev–Trinajstić information content (AvgIpc) is 2.79. The van der Waals surface area contributed by atoms with E-state index in [1.807, 2.05) is 6.92 Å². The van der Waals surface area contributed by atoms with Crippen LogP contribution in [0.3, 0.4) is 0 Å². The van der Waals surface area contributed by atoms with Crippen LogP contribution in [0, 0.1) is 0 Å². The number of carbonyl (C=O) groups is 2. The number of sulfonamides is 1. The van der Waals surface area contributed by atoms with Gasteiger partial charge >= 0.3 is 5.97 Å². The number of piperidine rings is 2. The van der Waals surface area contributed by atoms with Crippen molar-refractivity contribution in [1.29, 1.82) is 0 Å². The Morgan fingerprint density at radius 2 is 1.81 bits per heavy atom. The highest BCUT2D eigenvalue weighted by Gasteiger charge is 2.32. The first-order valence-electron chi connectivity index (χ1n) is 11.1. The van der Waals surface area contributed by atoms with Crippen LogP contribution in [0.4, 0.5) is 0 Å². The van der Waals surface area contributed by atoms with Gasteiger partial charge in [0.25, 0.3) is 5.91 Å². The first-order valence-corrected chi connectivity index (χ1v) is 12.9. The van der Waals surface area contributed by atoms with E-state index < -0.39 is 22.1 Å². The second-order valence-corrected chi connectivity index (χ2v) is 10.6. The molecule has 0 aromatic heterocycles. The number of halogens is 1. The van der Waals surface area contributed by atoms with E-state index in [2.05, 4.69) is 0 Å². The molecular weight excluding hydrogens is 440 g/mol. The Morgan fingerprint density at radius 1 is 1.13 bits per heavy atom. The number of hydrogen-bond donors (Lipinski definition) is 0. The minimum absolute atomic E-state index is 0.0605. The van der Waals surface area contributed by atoms with Gasteiger partial charge in [0.2, 0.25) is 10.0 Å². The molecule has 172 valence electrons. The van der Waals surface area contributed by atoms with E-state index in [9.17, 15) is 18.0 Å². The number of esters is 1. The fourth-order valence-corrected chi connectivity index (χ4v) is 6.32. The van der Waals surface area contributed by atoms with Gasteiger partial charge in [0.1, 0.15) is 4.90 Å². The molecule has 0 saturated carbocycles. The van der Waals surface area contributed by atoms with Gasteiger partial charge < -0.3 is 9.64 Å². The molecular formula is C22H31ClN2O5S. The van der Waals surface area contributed by atoms with Crippen molar-refractivity contribution in [2.75, 3.05) is 19.6 Å². The Hall–Kier alpha value is -1.64. The lowest BCUT2D eigenvalue weighted by Crippen LogP contribution is -2.48. The highest BCUT2D eigenvalue weighted by Crippen LogP contribution is 2.28. The molecule has 7 nitrogen and oxygen atoms in total. The molecule has 2 unspecified atom stereocenters. The number of nitrogens with zero attached hydrogens (tertiary/aromatic N) is 2. The first-order chi connectivity index (χ1) is 14.8. The molecule has 1 aromatic rings. The summed E-state index contributed by atoms with van der Waals surface area (Å²) in [5.74, 6) is -0.951. The lowest BCUT2D eigenvalue weighted by Gasteiger charge is -2.36. The summed E-state index contributed by atoms with van der Waals surface area (Å²) in [5, 5.41) is 0.0605. The molecule has 2 saturated heterocycles. The highest BCUT2D eigenvalue weighted by atomic mass is 35.5. The predicted molar refractivity (Wildman–Crippen MR) is 119 cm³/mol. The van der Waals surface area contributed by atoms with Gasteiger partial charge in [-0.15, -0.1) is 0 Å². The molecule has 2 atom stereocenters. The molecule has 31 heavy (non-hydrogen) atoms. The number of benzene rings is 1. The summed E-state index contributed by atoms with van der Waals surface area (Å²) in [6.07, 6.45) is 5.50. The van der Waals surface area contributed by atoms with E-state index >= 15 is 0 Å². The quantitative estimate of drug-likeness (QED) is 0.589. The van der Waals surface area contributed by atoms with Crippen LogP contribution in [0.1, 0.15) is 69.2 Å². The molecule has 0 aliphatic carbocycles. The van der Waals surface area contributed by atoms with Gasteiger partial charge in [0.05, 0.1) is 10.6 Å². The number of amides is 1. The van der Waals surface area contributed by atoms with Crippen molar-refractivity contribution in [3.8, 4) is 0 Å². The number of ether oxygens (including phenoxy) is 1. The summed E-state index contributed by atoms with van der Waals surface area (Å²) in [5.41, 5.74) is 0.0605. The van der Waals surface area contributed by atoms with Gasteiger partial charge in [-0.25, -0.2) is 13.2 Å². The Balaban J connectivity index is 1.74. The van der Waals surface area contributed by atoms with E-state index in [0.29, 0.717) is 19.6 Å². The van der Waals surface area contributed by atoms with Gasteiger partial charge in [-0.1, -0.05) is 24.9 Å².